The van der Waals surface area contributed by atoms with Crippen LogP contribution in [0.1, 0.15) is 53.4 Å². The molecular formula is C19H20ClN5O. The van der Waals surface area contributed by atoms with E-state index in [9.17, 15) is 4.79 Å². The zero-order chi connectivity index (χ0) is 18.4. The van der Waals surface area contributed by atoms with Crippen molar-refractivity contribution in [3.05, 3.63) is 58.1 Å². The number of benzene rings is 1. The highest BCUT2D eigenvalue weighted by atomic mass is 35.5. The second-order valence-corrected chi connectivity index (χ2v) is 7.29. The SMILES string of the molecule is Cc1cc(C)n2nc(C(=O)N(C3CC3)C(C)c3ccc(Cl)cc3)nc2n1. The van der Waals surface area contributed by atoms with Crippen LogP contribution in [0.2, 0.25) is 5.02 Å². The van der Waals surface area contributed by atoms with E-state index in [-0.39, 0.29) is 23.8 Å². The Balaban J connectivity index is 1.70. The molecule has 1 aliphatic carbocycles. The Labute approximate surface area is 156 Å². The van der Waals surface area contributed by atoms with Gasteiger partial charge >= 0.3 is 0 Å². The van der Waals surface area contributed by atoms with Crippen LogP contribution in [0.5, 0.6) is 0 Å². The van der Waals surface area contributed by atoms with Gasteiger partial charge in [0.05, 0.1) is 6.04 Å². The predicted octanol–water partition coefficient (Wildman–Crippen LogP) is 3.76. The van der Waals surface area contributed by atoms with Gasteiger partial charge in [-0.3, -0.25) is 4.79 Å². The molecule has 134 valence electrons. The van der Waals surface area contributed by atoms with E-state index < -0.39 is 0 Å². The molecule has 0 saturated heterocycles. The Bertz CT molecular complexity index is 978. The van der Waals surface area contributed by atoms with E-state index in [2.05, 4.69) is 15.1 Å². The van der Waals surface area contributed by atoms with E-state index >= 15 is 0 Å². The Kier molecular flexibility index (Phi) is 4.15. The number of hydrogen-bond donors (Lipinski definition) is 0. The zero-order valence-electron chi connectivity index (χ0n) is 15.0. The lowest BCUT2D eigenvalue weighted by atomic mass is 10.1. The molecule has 1 aromatic carbocycles. The second-order valence-electron chi connectivity index (χ2n) is 6.86. The molecule has 2 aromatic heterocycles. The van der Waals surface area contributed by atoms with E-state index in [1.54, 1.807) is 4.52 Å². The standard InChI is InChI=1S/C19H20ClN5O/c1-11-10-12(2)25-19(21-11)22-17(23-25)18(26)24(16-8-9-16)13(3)14-4-6-15(20)7-5-14/h4-7,10,13,16H,8-9H2,1-3H3. The van der Waals surface area contributed by atoms with Crippen LogP contribution in [-0.4, -0.2) is 36.4 Å². The van der Waals surface area contributed by atoms with Crippen LogP contribution in [0.25, 0.3) is 5.78 Å². The van der Waals surface area contributed by atoms with E-state index in [0.717, 1.165) is 29.8 Å². The van der Waals surface area contributed by atoms with Crippen molar-refractivity contribution in [1.29, 1.82) is 0 Å². The number of fused-ring (bicyclic) bond motifs is 1. The number of aromatic nitrogens is 4. The maximum absolute atomic E-state index is 13.2. The molecule has 1 fully saturated rings. The van der Waals surface area contributed by atoms with Gasteiger partial charge in [-0.2, -0.15) is 4.98 Å². The topological polar surface area (TPSA) is 63.4 Å². The molecule has 1 saturated carbocycles. The van der Waals surface area contributed by atoms with Crippen molar-refractivity contribution in [2.45, 2.75) is 45.7 Å². The predicted molar refractivity (Wildman–Crippen MR) is 99.3 cm³/mol. The molecule has 1 unspecified atom stereocenters. The first-order valence-corrected chi connectivity index (χ1v) is 9.11. The molecule has 6 nitrogen and oxygen atoms in total. The van der Waals surface area contributed by atoms with Crippen molar-refractivity contribution >= 4 is 23.3 Å². The fourth-order valence-electron chi connectivity index (χ4n) is 3.28. The Morgan fingerprint density at radius 3 is 2.58 bits per heavy atom. The first-order valence-electron chi connectivity index (χ1n) is 8.73. The average Bonchev–Trinajstić information content (AvgIpc) is 3.33. The molecule has 1 aliphatic rings. The molecule has 1 amide bonds. The molecule has 0 bridgehead atoms. The highest BCUT2D eigenvalue weighted by Crippen LogP contribution is 2.35. The summed E-state index contributed by atoms with van der Waals surface area (Å²) >= 11 is 5.99. The summed E-state index contributed by atoms with van der Waals surface area (Å²) in [6.07, 6.45) is 2.01. The van der Waals surface area contributed by atoms with Crippen molar-refractivity contribution in [2.24, 2.45) is 0 Å². The fourth-order valence-corrected chi connectivity index (χ4v) is 3.41. The van der Waals surface area contributed by atoms with Crippen molar-refractivity contribution in [2.75, 3.05) is 0 Å². The third-order valence-electron chi connectivity index (χ3n) is 4.75. The molecule has 0 spiro atoms. The second kappa shape index (κ2) is 6.36. The van der Waals surface area contributed by atoms with Crippen molar-refractivity contribution in [3.63, 3.8) is 0 Å². The minimum atomic E-state index is -0.155. The van der Waals surface area contributed by atoms with Gasteiger partial charge in [0.2, 0.25) is 5.82 Å². The molecular weight excluding hydrogens is 350 g/mol. The number of rotatable bonds is 4. The van der Waals surface area contributed by atoms with Crippen LogP contribution in [0.3, 0.4) is 0 Å². The van der Waals surface area contributed by atoms with Crippen molar-refractivity contribution in [3.8, 4) is 0 Å². The molecule has 0 radical (unpaired) electrons. The van der Waals surface area contributed by atoms with E-state index in [1.165, 1.54) is 0 Å². The molecule has 0 aliphatic heterocycles. The minimum Gasteiger partial charge on any atom is -0.326 e. The van der Waals surface area contributed by atoms with Crippen molar-refractivity contribution in [1.82, 2.24) is 24.5 Å². The first-order chi connectivity index (χ1) is 12.4. The molecule has 1 atom stereocenters. The van der Waals surface area contributed by atoms with Gasteiger partial charge in [-0.25, -0.2) is 9.50 Å². The molecule has 26 heavy (non-hydrogen) atoms. The summed E-state index contributed by atoms with van der Waals surface area (Å²) in [5.41, 5.74) is 2.81. The van der Waals surface area contributed by atoms with Crippen LogP contribution >= 0.6 is 11.6 Å². The molecule has 3 aromatic rings. The van der Waals surface area contributed by atoms with Gasteiger partial charge in [0.15, 0.2) is 0 Å². The normalized spacial score (nSPS) is 15.2. The lowest BCUT2D eigenvalue weighted by Crippen LogP contribution is -2.36. The Morgan fingerprint density at radius 2 is 1.92 bits per heavy atom. The monoisotopic (exact) mass is 369 g/mol. The maximum Gasteiger partial charge on any atom is 0.294 e. The van der Waals surface area contributed by atoms with Gasteiger partial charge in [-0.15, -0.1) is 5.10 Å². The van der Waals surface area contributed by atoms with Gasteiger partial charge in [0, 0.05) is 22.5 Å². The quantitative estimate of drug-likeness (QED) is 0.702. The number of nitrogens with zero attached hydrogens (tertiary/aromatic N) is 5. The van der Waals surface area contributed by atoms with Gasteiger partial charge in [-0.1, -0.05) is 23.7 Å². The van der Waals surface area contributed by atoms with Gasteiger partial charge in [0.1, 0.15) is 0 Å². The van der Waals surface area contributed by atoms with Crippen LogP contribution < -0.4 is 0 Å². The number of hydrogen-bond acceptors (Lipinski definition) is 4. The van der Waals surface area contributed by atoms with Gasteiger partial charge in [0.25, 0.3) is 11.7 Å². The zero-order valence-corrected chi connectivity index (χ0v) is 15.7. The van der Waals surface area contributed by atoms with Gasteiger partial charge < -0.3 is 4.90 Å². The summed E-state index contributed by atoms with van der Waals surface area (Å²) in [6, 6.07) is 9.70. The summed E-state index contributed by atoms with van der Waals surface area (Å²) in [5, 5.41) is 5.09. The lowest BCUT2D eigenvalue weighted by Gasteiger charge is -2.28. The van der Waals surface area contributed by atoms with Crippen LogP contribution in [0.15, 0.2) is 30.3 Å². The number of carbonyl (C=O) groups excluding carboxylic acids is 1. The Morgan fingerprint density at radius 1 is 1.23 bits per heavy atom. The number of amides is 1. The van der Waals surface area contributed by atoms with Crippen LogP contribution in [0.4, 0.5) is 0 Å². The van der Waals surface area contributed by atoms with Crippen LogP contribution in [-0.2, 0) is 0 Å². The highest BCUT2D eigenvalue weighted by Gasteiger charge is 2.38. The van der Waals surface area contributed by atoms with Crippen LogP contribution in [0, 0.1) is 13.8 Å². The first kappa shape index (κ1) is 17.0. The van der Waals surface area contributed by atoms with E-state index in [0.29, 0.717) is 10.8 Å². The third kappa shape index (κ3) is 3.05. The molecule has 4 rings (SSSR count). The van der Waals surface area contributed by atoms with Crippen molar-refractivity contribution < 1.29 is 4.79 Å². The number of halogens is 1. The molecule has 2 heterocycles. The highest BCUT2D eigenvalue weighted by molar-refractivity contribution is 6.30. The summed E-state index contributed by atoms with van der Waals surface area (Å²) in [7, 11) is 0. The van der Waals surface area contributed by atoms with E-state index in [4.69, 9.17) is 11.6 Å². The molecule has 7 heteroatoms. The summed E-state index contributed by atoms with van der Waals surface area (Å²) in [5.74, 6) is 0.497. The lowest BCUT2D eigenvalue weighted by molar-refractivity contribution is 0.0661. The summed E-state index contributed by atoms with van der Waals surface area (Å²) in [6.45, 7) is 5.87. The number of carbonyl (C=O) groups is 1. The maximum atomic E-state index is 13.2. The van der Waals surface area contributed by atoms with Gasteiger partial charge in [-0.05, 0) is 57.4 Å². The third-order valence-corrected chi connectivity index (χ3v) is 5.01. The average molecular weight is 370 g/mol. The number of aryl methyl sites for hydroxylation is 2. The fraction of sp³-hybridized carbons (Fsp3) is 0.368. The Hall–Kier alpha value is -2.47. The largest absolute Gasteiger partial charge is 0.326 e. The summed E-state index contributed by atoms with van der Waals surface area (Å²) in [4.78, 5) is 23.9. The summed E-state index contributed by atoms with van der Waals surface area (Å²) < 4.78 is 1.62. The molecule has 0 N–H and O–H groups in total. The minimum absolute atomic E-state index is 0.0744. The van der Waals surface area contributed by atoms with E-state index in [1.807, 2.05) is 56.0 Å². The smallest absolute Gasteiger partial charge is 0.294 e.